The second-order valence-electron chi connectivity index (χ2n) is 7.15. The van der Waals surface area contributed by atoms with Crippen LogP contribution in [-0.2, 0) is 6.54 Å². The Balaban J connectivity index is 1.51. The minimum Gasteiger partial charge on any atom is -0.497 e. The maximum absolute atomic E-state index is 12.2. The Morgan fingerprint density at radius 1 is 1.14 bits per heavy atom. The summed E-state index contributed by atoms with van der Waals surface area (Å²) in [4.78, 5) is 26.3. The van der Waals surface area contributed by atoms with E-state index in [1.807, 2.05) is 30.3 Å². The van der Waals surface area contributed by atoms with E-state index in [0.717, 1.165) is 54.5 Å². The average Bonchev–Trinajstić information content (AvgIpc) is 3.23. The molecule has 0 amide bonds. The summed E-state index contributed by atoms with van der Waals surface area (Å²) < 4.78 is 10.8. The predicted molar refractivity (Wildman–Crippen MR) is 110 cm³/mol. The molecule has 7 heteroatoms. The Kier molecular flexibility index (Phi) is 5.57. The van der Waals surface area contributed by atoms with E-state index in [0.29, 0.717) is 5.69 Å². The van der Waals surface area contributed by atoms with Crippen molar-refractivity contribution >= 4 is 0 Å². The van der Waals surface area contributed by atoms with Crippen molar-refractivity contribution in [3.63, 3.8) is 0 Å². The standard InChI is InChI=1S/C22H24N4O3/c1-28-18-4-3-16(20(11-18)29-2)13-26-10-7-17(14-26)22-24-19(12-21(27)25-22)15-5-8-23-9-6-15/h3-6,8-9,11-12,17H,7,10,13-14H2,1-2H3,(H,24,25,27)/t17-/m1/s1. The van der Waals surface area contributed by atoms with Crippen LogP contribution in [0.1, 0.15) is 23.7 Å². The highest BCUT2D eigenvalue weighted by atomic mass is 16.5. The van der Waals surface area contributed by atoms with E-state index < -0.39 is 0 Å². The third-order valence-electron chi connectivity index (χ3n) is 5.28. The van der Waals surface area contributed by atoms with E-state index in [-0.39, 0.29) is 11.5 Å². The number of nitrogens with one attached hydrogen (secondary N) is 1. The Bertz CT molecular complexity index is 1040. The lowest BCUT2D eigenvalue weighted by Gasteiger charge is -2.18. The number of aromatic amines is 1. The summed E-state index contributed by atoms with van der Waals surface area (Å²) in [5.74, 6) is 2.53. The van der Waals surface area contributed by atoms with Crippen LogP contribution < -0.4 is 15.0 Å². The lowest BCUT2D eigenvalue weighted by molar-refractivity contribution is 0.315. The molecule has 1 aliphatic heterocycles. The molecule has 1 atom stereocenters. The number of hydrogen-bond donors (Lipinski definition) is 1. The summed E-state index contributed by atoms with van der Waals surface area (Å²) >= 11 is 0. The Morgan fingerprint density at radius 2 is 1.97 bits per heavy atom. The van der Waals surface area contributed by atoms with Crippen molar-refractivity contribution < 1.29 is 9.47 Å². The molecule has 0 aliphatic carbocycles. The molecule has 4 rings (SSSR count). The fraction of sp³-hybridized carbons (Fsp3) is 0.318. The highest BCUT2D eigenvalue weighted by Crippen LogP contribution is 2.30. The van der Waals surface area contributed by atoms with Crippen LogP contribution in [-0.4, -0.2) is 47.2 Å². The Hall–Kier alpha value is -3.19. The zero-order chi connectivity index (χ0) is 20.2. The van der Waals surface area contributed by atoms with Crippen LogP contribution in [0.3, 0.4) is 0 Å². The number of aromatic nitrogens is 3. The molecule has 1 aliphatic rings. The molecule has 150 valence electrons. The van der Waals surface area contributed by atoms with Gasteiger partial charge in [-0.2, -0.15) is 0 Å². The molecule has 3 heterocycles. The minimum absolute atomic E-state index is 0.128. The van der Waals surface area contributed by atoms with E-state index >= 15 is 0 Å². The van der Waals surface area contributed by atoms with Crippen LogP contribution in [0.25, 0.3) is 11.3 Å². The van der Waals surface area contributed by atoms with Crippen LogP contribution in [0.4, 0.5) is 0 Å². The molecule has 0 spiro atoms. The van der Waals surface area contributed by atoms with E-state index in [1.54, 1.807) is 26.6 Å². The smallest absolute Gasteiger partial charge is 0.251 e. The molecule has 3 aromatic rings. The number of H-pyrrole nitrogens is 1. The lowest BCUT2D eigenvalue weighted by atomic mass is 10.1. The van der Waals surface area contributed by atoms with Crippen LogP contribution in [0.2, 0.25) is 0 Å². The molecule has 2 aromatic heterocycles. The van der Waals surface area contributed by atoms with Crippen LogP contribution in [0.5, 0.6) is 11.5 Å². The van der Waals surface area contributed by atoms with Crippen molar-refractivity contribution in [2.75, 3.05) is 27.3 Å². The molecule has 0 bridgehead atoms. The predicted octanol–water partition coefficient (Wildman–Crippen LogP) is 2.84. The topological polar surface area (TPSA) is 80.3 Å². The van der Waals surface area contributed by atoms with Gasteiger partial charge in [0.1, 0.15) is 17.3 Å². The van der Waals surface area contributed by atoms with E-state index in [1.165, 1.54) is 6.07 Å². The van der Waals surface area contributed by atoms with Gasteiger partial charge in [0.15, 0.2) is 0 Å². The second kappa shape index (κ2) is 8.45. The first-order chi connectivity index (χ1) is 14.2. The first kappa shape index (κ1) is 19.1. The first-order valence-electron chi connectivity index (χ1n) is 9.61. The quantitative estimate of drug-likeness (QED) is 0.695. The Morgan fingerprint density at radius 3 is 2.72 bits per heavy atom. The number of methoxy groups -OCH3 is 2. The summed E-state index contributed by atoms with van der Waals surface area (Å²) in [6.07, 6.45) is 4.36. The van der Waals surface area contributed by atoms with Crippen LogP contribution in [0, 0.1) is 0 Å². The van der Waals surface area contributed by atoms with Crippen molar-refractivity contribution in [1.82, 2.24) is 19.9 Å². The molecule has 29 heavy (non-hydrogen) atoms. The molecule has 7 nitrogen and oxygen atoms in total. The van der Waals surface area contributed by atoms with Gasteiger partial charge in [-0.15, -0.1) is 0 Å². The highest BCUT2D eigenvalue weighted by Gasteiger charge is 2.27. The Labute approximate surface area is 169 Å². The van der Waals surface area contributed by atoms with Gasteiger partial charge in [-0.25, -0.2) is 4.98 Å². The first-order valence-corrected chi connectivity index (χ1v) is 9.61. The minimum atomic E-state index is -0.128. The molecule has 0 unspecified atom stereocenters. The molecule has 1 fully saturated rings. The summed E-state index contributed by atoms with van der Waals surface area (Å²) in [5.41, 5.74) is 2.56. The molecule has 0 radical (unpaired) electrons. The van der Waals surface area contributed by atoms with Gasteiger partial charge in [0.25, 0.3) is 5.56 Å². The fourth-order valence-corrected chi connectivity index (χ4v) is 3.76. The average molecular weight is 392 g/mol. The van der Waals surface area contributed by atoms with Gasteiger partial charge in [-0.3, -0.25) is 14.7 Å². The van der Waals surface area contributed by atoms with Gasteiger partial charge in [0.05, 0.1) is 19.9 Å². The third-order valence-corrected chi connectivity index (χ3v) is 5.28. The normalized spacial score (nSPS) is 16.7. The third kappa shape index (κ3) is 4.30. The molecule has 1 aromatic carbocycles. The zero-order valence-electron chi connectivity index (χ0n) is 16.6. The van der Waals surface area contributed by atoms with E-state index in [9.17, 15) is 4.79 Å². The van der Waals surface area contributed by atoms with Gasteiger partial charge in [-0.1, -0.05) is 6.07 Å². The van der Waals surface area contributed by atoms with Crippen LogP contribution in [0.15, 0.2) is 53.6 Å². The van der Waals surface area contributed by atoms with Crippen molar-refractivity contribution in [1.29, 1.82) is 0 Å². The SMILES string of the molecule is COc1ccc(CN2CC[C@@H](c3nc(-c4ccncc4)cc(=O)[nH]3)C2)c(OC)c1. The zero-order valence-corrected chi connectivity index (χ0v) is 16.6. The van der Waals surface area contributed by atoms with Crippen LogP contribution >= 0.6 is 0 Å². The number of benzene rings is 1. The summed E-state index contributed by atoms with van der Waals surface area (Å²) in [5, 5.41) is 0. The number of rotatable bonds is 6. The molecule has 0 saturated carbocycles. The maximum atomic E-state index is 12.2. The fourth-order valence-electron chi connectivity index (χ4n) is 3.76. The monoisotopic (exact) mass is 392 g/mol. The van der Waals surface area contributed by atoms with E-state index in [2.05, 4.69) is 14.9 Å². The maximum Gasteiger partial charge on any atom is 0.251 e. The van der Waals surface area contributed by atoms with Gasteiger partial charge in [0.2, 0.25) is 0 Å². The van der Waals surface area contributed by atoms with Crippen molar-refractivity contribution in [2.45, 2.75) is 18.9 Å². The summed E-state index contributed by atoms with van der Waals surface area (Å²) in [6.45, 7) is 2.54. The van der Waals surface area contributed by atoms with Gasteiger partial charge < -0.3 is 14.5 Å². The number of ether oxygens (including phenoxy) is 2. The summed E-state index contributed by atoms with van der Waals surface area (Å²) in [7, 11) is 3.32. The van der Waals surface area contributed by atoms with E-state index in [4.69, 9.17) is 14.5 Å². The molecular formula is C22H24N4O3. The summed E-state index contributed by atoms with van der Waals surface area (Å²) in [6, 6.07) is 11.1. The van der Waals surface area contributed by atoms with Crippen molar-refractivity contribution in [2.24, 2.45) is 0 Å². The van der Waals surface area contributed by atoms with Gasteiger partial charge >= 0.3 is 0 Å². The largest absolute Gasteiger partial charge is 0.497 e. The molecular weight excluding hydrogens is 368 g/mol. The lowest BCUT2D eigenvalue weighted by Crippen LogP contribution is -2.21. The van der Waals surface area contributed by atoms with Gasteiger partial charge in [0, 0.05) is 54.7 Å². The number of nitrogens with zero attached hydrogens (tertiary/aromatic N) is 3. The number of hydrogen-bond acceptors (Lipinski definition) is 6. The van der Waals surface area contributed by atoms with Crippen molar-refractivity contribution in [3.05, 3.63) is 70.5 Å². The molecule has 1 saturated heterocycles. The highest BCUT2D eigenvalue weighted by molar-refractivity contribution is 5.57. The number of likely N-dealkylation sites (tertiary alicyclic amines) is 1. The van der Waals surface area contributed by atoms with Gasteiger partial charge in [-0.05, 0) is 31.2 Å². The molecule has 1 N–H and O–H groups in total. The second-order valence-corrected chi connectivity index (χ2v) is 7.15. The van der Waals surface area contributed by atoms with Crippen molar-refractivity contribution in [3.8, 4) is 22.8 Å². The number of pyridine rings is 1.